The molecule has 0 spiro atoms. The topological polar surface area (TPSA) is 73.4 Å². The number of hydrogen-bond donors (Lipinski definition) is 2. The van der Waals surface area contributed by atoms with E-state index in [0.29, 0.717) is 6.54 Å². The van der Waals surface area contributed by atoms with E-state index in [0.717, 1.165) is 43.4 Å². The Balaban J connectivity index is 1.73. The molecule has 2 aromatic rings. The van der Waals surface area contributed by atoms with E-state index >= 15 is 0 Å². The number of aromatic amines is 1. The first-order valence-electron chi connectivity index (χ1n) is 9.78. The molecule has 0 aliphatic carbocycles. The molecule has 1 amide bonds. The summed E-state index contributed by atoms with van der Waals surface area (Å²) in [6, 6.07) is 10.9. The Morgan fingerprint density at radius 1 is 1.19 bits per heavy atom. The van der Waals surface area contributed by atoms with Gasteiger partial charge in [-0.05, 0) is 67.9 Å². The highest BCUT2D eigenvalue weighted by Crippen LogP contribution is 2.23. The maximum atomic E-state index is 13.0. The van der Waals surface area contributed by atoms with Crippen LogP contribution in [0.1, 0.15) is 67.1 Å². The normalized spacial score (nSPS) is 17.3. The molecule has 0 saturated carbocycles. The fourth-order valence-electron chi connectivity index (χ4n) is 3.71. The SMILES string of the molecule is CC(C)c1ccc(C(=O)N2CCCCC2CCc2ccc(O)cc2)c(=O)[nH]1. The highest BCUT2D eigenvalue weighted by Gasteiger charge is 2.28. The van der Waals surface area contributed by atoms with E-state index in [1.54, 1.807) is 18.2 Å². The lowest BCUT2D eigenvalue weighted by atomic mass is 9.95. The molecular formula is C22H28N2O3. The maximum Gasteiger partial charge on any atom is 0.261 e. The molecule has 1 aromatic heterocycles. The van der Waals surface area contributed by atoms with E-state index in [4.69, 9.17) is 0 Å². The summed E-state index contributed by atoms with van der Waals surface area (Å²) in [6.07, 6.45) is 4.75. The van der Waals surface area contributed by atoms with E-state index in [2.05, 4.69) is 4.98 Å². The number of nitrogens with one attached hydrogen (secondary N) is 1. The highest BCUT2D eigenvalue weighted by molar-refractivity contribution is 5.94. The number of amides is 1. The summed E-state index contributed by atoms with van der Waals surface area (Å²) in [5.41, 5.74) is 1.92. The molecule has 1 unspecified atom stereocenters. The van der Waals surface area contributed by atoms with Gasteiger partial charge in [0.05, 0.1) is 0 Å². The Morgan fingerprint density at radius 3 is 2.59 bits per heavy atom. The van der Waals surface area contributed by atoms with Crippen LogP contribution >= 0.6 is 0 Å². The average molecular weight is 368 g/mol. The van der Waals surface area contributed by atoms with Crippen molar-refractivity contribution in [2.24, 2.45) is 0 Å². The first-order valence-corrected chi connectivity index (χ1v) is 9.78. The van der Waals surface area contributed by atoms with Crippen LogP contribution in [0.4, 0.5) is 0 Å². The quantitative estimate of drug-likeness (QED) is 0.842. The lowest BCUT2D eigenvalue weighted by Gasteiger charge is -2.36. The van der Waals surface area contributed by atoms with Crippen LogP contribution in [0, 0.1) is 0 Å². The van der Waals surface area contributed by atoms with Gasteiger partial charge in [0.2, 0.25) is 0 Å². The number of phenols is 1. The van der Waals surface area contributed by atoms with Gasteiger partial charge in [-0.3, -0.25) is 9.59 Å². The van der Waals surface area contributed by atoms with Crippen LogP contribution in [-0.4, -0.2) is 33.5 Å². The fourth-order valence-corrected chi connectivity index (χ4v) is 3.71. The number of rotatable bonds is 5. The largest absolute Gasteiger partial charge is 0.508 e. The Kier molecular flexibility index (Phi) is 5.99. The second-order valence-corrected chi connectivity index (χ2v) is 7.66. The molecule has 27 heavy (non-hydrogen) atoms. The summed E-state index contributed by atoms with van der Waals surface area (Å²) in [5, 5.41) is 9.41. The lowest BCUT2D eigenvalue weighted by molar-refractivity contribution is 0.0600. The van der Waals surface area contributed by atoms with Gasteiger partial charge in [0, 0.05) is 18.3 Å². The van der Waals surface area contributed by atoms with E-state index in [1.165, 1.54) is 0 Å². The second kappa shape index (κ2) is 8.42. The summed E-state index contributed by atoms with van der Waals surface area (Å²) in [7, 11) is 0. The van der Waals surface area contributed by atoms with Crippen molar-refractivity contribution in [1.82, 2.24) is 9.88 Å². The summed E-state index contributed by atoms with van der Waals surface area (Å²) in [6.45, 7) is 4.72. The Bertz CT molecular complexity index is 839. The number of H-pyrrole nitrogens is 1. The number of aromatic hydroxyl groups is 1. The summed E-state index contributed by atoms with van der Waals surface area (Å²) >= 11 is 0. The molecule has 1 aliphatic rings. The van der Waals surface area contributed by atoms with Crippen molar-refractivity contribution in [3.05, 3.63) is 63.6 Å². The molecule has 1 fully saturated rings. The van der Waals surface area contributed by atoms with Crippen molar-refractivity contribution in [2.45, 2.75) is 57.9 Å². The lowest BCUT2D eigenvalue weighted by Crippen LogP contribution is -2.45. The van der Waals surface area contributed by atoms with Gasteiger partial charge in [0.25, 0.3) is 11.5 Å². The Hall–Kier alpha value is -2.56. The van der Waals surface area contributed by atoms with Gasteiger partial charge in [-0.25, -0.2) is 0 Å². The van der Waals surface area contributed by atoms with Crippen molar-refractivity contribution in [2.75, 3.05) is 6.54 Å². The third-order valence-electron chi connectivity index (χ3n) is 5.38. The molecule has 0 radical (unpaired) electrons. The molecule has 5 nitrogen and oxygen atoms in total. The summed E-state index contributed by atoms with van der Waals surface area (Å²) in [5.74, 6) is 0.314. The number of nitrogens with zero attached hydrogens (tertiary/aromatic N) is 1. The van der Waals surface area contributed by atoms with Crippen LogP contribution in [0.25, 0.3) is 0 Å². The predicted octanol–water partition coefficient (Wildman–Crippen LogP) is 3.83. The minimum absolute atomic E-state index is 0.143. The molecule has 144 valence electrons. The molecule has 1 aromatic carbocycles. The number of hydrogen-bond acceptors (Lipinski definition) is 3. The van der Waals surface area contributed by atoms with Crippen molar-refractivity contribution < 1.29 is 9.90 Å². The van der Waals surface area contributed by atoms with Gasteiger partial charge >= 0.3 is 0 Å². The highest BCUT2D eigenvalue weighted by atomic mass is 16.3. The average Bonchev–Trinajstić information content (AvgIpc) is 2.67. The Morgan fingerprint density at radius 2 is 1.93 bits per heavy atom. The maximum absolute atomic E-state index is 13.0. The minimum atomic E-state index is -0.297. The third kappa shape index (κ3) is 4.59. The zero-order valence-corrected chi connectivity index (χ0v) is 16.1. The molecular weight excluding hydrogens is 340 g/mol. The van der Waals surface area contributed by atoms with Gasteiger partial charge in [0.15, 0.2) is 0 Å². The Labute approximate surface area is 160 Å². The van der Waals surface area contributed by atoms with Crippen LogP contribution in [0.5, 0.6) is 5.75 Å². The minimum Gasteiger partial charge on any atom is -0.508 e. The smallest absolute Gasteiger partial charge is 0.261 e. The molecule has 3 rings (SSSR count). The summed E-state index contributed by atoms with van der Waals surface area (Å²) < 4.78 is 0. The van der Waals surface area contributed by atoms with Gasteiger partial charge in [-0.15, -0.1) is 0 Å². The van der Waals surface area contributed by atoms with E-state index < -0.39 is 0 Å². The number of pyridine rings is 1. The molecule has 1 atom stereocenters. The number of benzene rings is 1. The monoisotopic (exact) mass is 368 g/mol. The molecule has 1 saturated heterocycles. The zero-order chi connectivity index (χ0) is 19.4. The van der Waals surface area contributed by atoms with Crippen LogP contribution in [0.15, 0.2) is 41.2 Å². The first-order chi connectivity index (χ1) is 13.0. The number of likely N-dealkylation sites (tertiary alicyclic amines) is 1. The standard InChI is InChI=1S/C22H28N2O3/c1-15(2)20-13-12-19(21(26)23-20)22(27)24-14-4-3-5-17(24)9-6-16-7-10-18(25)11-8-16/h7-8,10-13,15,17,25H,3-6,9,14H2,1-2H3,(H,23,26). The first kappa shape index (κ1) is 19.2. The third-order valence-corrected chi connectivity index (χ3v) is 5.38. The van der Waals surface area contributed by atoms with Crippen molar-refractivity contribution in [3.8, 4) is 5.75 Å². The molecule has 0 bridgehead atoms. The number of aromatic nitrogens is 1. The molecule has 5 heteroatoms. The number of piperidine rings is 1. The number of phenolic OH excluding ortho intramolecular Hbond substituents is 1. The van der Waals surface area contributed by atoms with E-state index in [1.807, 2.05) is 36.9 Å². The number of carbonyl (C=O) groups is 1. The van der Waals surface area contributed by atoms with Crippen molar-refractivity contribution >= 4 is 5.91 Å². The molecule has 2 heterocycles. The van der Waals surface area contributed by atoms with E-state index in [-0.39, 0.29) is 34.7 Å². The number of aryl methyl sites for hydroxylation is 1. The van der Waals surface area contributed by atoms with Gasteiger partial charge in [0.1, 0.15) is 11.3 Å². The molecule has 2 N–H and O–H groups in total. The van der Waals surface area contributed by atoms with Crippen molar-refractivity contribution in [1.29, 1.82) is 0 Å². The van der Waals surface area contributed by atoms with Crippen LogP contribution in [0.2, 0.25) is 0 Å². The van der Waals surface area contributed by atoms with Crippen LogP contribution in [-0.2, 0) is 6.42 Å². The zero-order valence-electron chi connectivity index (χ0n) is 16.1. The number of carbonyl (C=O) groups excluding carboxylic acids is 1. The van der Waals surface area contributed by atoms with Gasteiger partial charge < -0.3 is 15.0 Å². The fraction of sp³-hybridized carbons (Fsp3) is 0.455. The predicted molar refractivity (Wildman–Crippen MR) is 106 cm³/mol. The van der Waals surface area contributed by atoms with Crippen LogP contribution < -0.4 is 5.56 Å². The summed E-state index contributed by atoms with van der Waals surface area (Å²) in [4.78, 5) is 30.2. The second-order valence-electron chi connectivity index (χ2n) is 7.66. The van der Waals surface area contributed by atoms with Gasteiger partial charge in [-0.2, -0.15) is 0 Å². The van der Waals surface area contributed by atoms with Crippen LogP contribution in [0.3, 0.4) is 0 Å². The molecule has 1 aliphatic heterocycles. The van der Waals surface area contributed by atoms with Crippen molar-refractivity contribution in [3.63, 3.8) is 0 Å². The van der Waals surface area contributed by atoms with Gasteiger partial charge in [-0.1, -0.05) is 26.0 Å². The van der Waals surface area contributed by atoms with E-state index in [9.17, 15) is 14.7 Å².